The minimum absolute atomic E-state index is 0.0112. The third-order valence-corrected chi connectivity index (χ3v) is 15.2. The van der Waals surface area contributed by atoms with E-state index in [-0.39, 0.29) is 58.7 Å². The summed E-state index contributed by atoms with van der Waals surface area (Å²) < 4.78 is 6.12. The average Bonchev–Trinajstić information content (AvgIpc) is 3.37. The van der Waals surface area contributed by atoms with Gasteiger partial charge in [-0.2, -0.15) is 0 Å². The van der Waals surface area contributed by atoms with Gasteiger partial charge in [-0.05, 0) is 123 Å². The highest BCUT2D eigenvalue weighted by Crippen LogP contribution is 2.77. The van der Waals surface area contributed by atoms with Gasteiger partial charge >= 0.3 is 11.9 Å². The molecule has 0 aromatic carbocycles. The Balaban J connectivity index is 1.33. The maximum absolute atomic E-state index is 13.1. The van der Waals surface area contributed by atoms with Crippen LogP contribution in [-0.2, 0) is 19.1 Å². The number of carbonyl (C=O) groups excluding carboxylic acids is 2. The fourth-order valence-corrected chi connectivity index (χ4v) is 12.5. The van der Waals surface area contributed by atoms with Crippen molar-refractivity contribution in [1.82, 2.24) is 5.32 Å². The lowest BCUT2D eigenvalue weighted by molar-refractivity contribution is -0.248. The highest BCUT2D eigenvalue weighted by atomic mass is 16.5. The minimum Gasteiger partial charge on any atom is -0.481 e. The number of aliphatic hydroxyl groups is 2. The van der Waals surface area contributed by atoms with E-state index in [4.69, 9.17) is 4.74 Å². The highest BCUT2D eigenvalue weighted by molar-refractivity contribution is 5.81. The maximum atomic E-state index is 13.1. The number of hydrogen-bond acceptors (Lipinski definition) is 6. The first-order valence-electron chi connectivity index (χ1n) is 17.8. The fraction of sp³-hybridized carbons (Fsp3) is 0.919. The summed E-state index contributed by atoms with van der Waals surface area (Å²) in [5, 5.41) is 31.4. The van der Waals surface area contributed by atoms with E-state index in [1.54, 1.807) is 13.8 Å². The Morgan fingerprint density at radius 1 is 0.867 bits per heavy atom. The Bertz CT molecular complexity index is 1170. The summed E-state index contributed by atoms with van der Waals surface area (Å²) in [4.78, 5) is 37.7. The number of fused-ring (bicyclic) bond motifs is 7. The second-order valence-electron chi connectivity index (χ2n) is 18.1. The number of hydrogen-bond donors (Lipinski definition) is 4. The van der Waals surface area contributed by atoms with Crippen molar-refractivity contribution >= 4 is 17.8 Å². The summed E-state index contributed by atoms with van der Waals surface area (Å²) in [7, 11) is 0. The molecule has 0 spiro atoms. The molecule has 0 aromatic rings. The van der Waals surface area contributed by atoms with Crippen LogP contribution >= 0.6 is 0 Å². The Morgan fingerprint density at radius 3 is 2.24 bits per heavy atom. The van der Waals surface area contributed by atoms with Crippen molar-refractivity contribution < 1.29 is 34.4 Å². The number of nitrogens with one attached hydrogen (secondary N) is 1. The molecule has 45 heavy (non-hydrogen) atoms. The predicted molar refractivity (Wildman–Crippen MR) is 172 cm³/mol. The van der Waals surface area contributed by atoms with E-state index < -0.39 is 23.5 Å². The third-order valence-electron chi connectivity index (χ3n) is 15.2. The number of amides is 1. The topological polar surface area (TPSA) is 133 Å². The molecule has 5 fully saturated rings. The second kappa shape index (κ2) is 11.8. The lowest BCUT2D eigenvalue weighted by atomic mass is 9.32. The molecule has 0 aliphatic heterocycles. The van der Waals surface area contributed by atoms with Crippen LogP contribution in [0.5, 0.6) is 0 Å². The van der Waals surface area contributed by atoms with Crippen molar-refractivity contribution in [3.8, 4) is 0 Å². The lowest BCUT2D eigenvalue weighted by Gasteiger charge is -2.72. The number of carboxylic acid groups (broad SMARTS) is 1. The standard InChI is InChI=1S/C37H61NO7/c1-32(2,31(43)44)20-30(42)45-28-13-15-34(5)26(33(28,3)4)12-16-36(7)27(34)11-10-24-25-9-8-14-37(25,18-17-35(24,36)6)19-29(41)38-21-23(40)22-39/h23-28,39-40H,8-22H2,1-7H3,(H,38,41)(H,43,44)/t23?,24-,25-,26?,27?,28+,34+,35-,36-,37-/m1/s1. The molecule has 4 N–H and O–H groups in total. The van der Waals surface area contributed by atoms with Crippen LogP contribution in [0.3, 0.4) is 0 Å². The molecule has 0 heterocycles. The molecule has 0 saturated heterocycles. The maximum Gasteiger partial charge on any atom is 0.309 e. The van der Waals surface area contributed by atoms with Gasteiger partial charge in [-0.3, -0.25) is 14.4 Å². The van der Waals surface area contributed by atoms with E-state index in [1.807, 2.05) is 0 Å². The highest BCUT2D eigenvalue weighted by Gasteiger charge is 2.70. The van der Waals surface area contributed by atoms with Crippen molar-refractivity contribution in [2.45, 2.75) is 144 Å². The third kappa shape index (κ3) is 5.55. The van der Waals surface area contributed by atoms with Crippen molar-refractivity contribution in [3.63, 3.8) is 0 Å². The van der Waals surface area contributed by atoms with Crippen LogP contribution in [0.15, 0.2) is 0 Å². The van der Waals surface area contributed by atoms with Gasteiger partial charge in [-0.1, -0.05) is 41.0 Å². The van der Waals surface area contributed by atoms with Crippen molar-refractivity contribution in [2.24, 2.45) is 56.2 Å². The Kier molecular flexibility index (Phi) is 9.08. The fourth-order valence-electron chi connectivity index (χ4n) is 12.5. The second-order valence-corrected chi connectivity index (χ2v) is 18.1. The first-order chi connectivity index (χ1) is 20.9. The summed E-state index contributed by atoms with van der Waals surface area (Å²) in [5.41, 5.74) is -0.739. The molecule has 5 aliphatic rings. The molecule has 8 nitrogen and oxygen atoms in total. The van der Waals surface area contributed by atoms with E-state index in [0.717, 1.165) is 38.5 Å². The molecule has 5 aliphatic carbocycles. The molecular weight excluding hydrogens is 570 g/mol. The molecule has 1 amide bonds. The van der Waals surface area contributed by atoms with Crippen LogP contribution in [0, 0.1) is 56.2 Å². The molecule has 0 aromatic heterocycles. The van der Waals surface area contributed by atoms with Gasteiger partial charge < -0.3 is 25.4 Å². The number of rotatable bonds is 9. The minimum atomic E-state index is -1.14. The van der Waals surface area contributed by atoms with Crippen molar-refractivity contribution in [2.75, 3.05) is 13.2 Å². The molecule has 256 valence electrons. The molecular formula is C37H61NO7. The van der Waals surface area contributed by atoms with Crippen LogP contribution in [0.4, 0.5) is 0 Å². The Labute approximate surface area is 270 Å². The lowest BCUT2D eigenvalue weighted by Crippen LogP contribution is -2.66. The molecule has 8 heteroatoms. The van der Waals surface area contributed by atoms with Gasteiger partial charge in [0, 0.05) is 18.4 Å². The number of aliphatic hydroxyl groups excluding tert-OH is 2. The van der Waals surface area contributed by atoms with Crippen LogP contribution in [0.2, 0.25) is 0 Å². The van der Waals surface area contributed by atoms with Gasteiger partial charge in [-0.25, -0.2) is 0 Å². The normalized spacial score (nSPS) is 42.7. The molecule has 5 saturated carbocycles. The molecule has 3 unspecified atom stereocenters. The van der Waals surface area contributed by atoms with Crippen LogP contribution in [0.1, 0.15) is 132 Å². The quantitative estimate of drug-likeness (QED) is 0.226. The zero-order valence-electron chi connectivity index (χ0n) is 29.0. The van der Waals surface area contributed by atoms with Crippen molar-refractivity contribution in [1.29, 1.82) is 0 Å². The molecule has 10 atom stereocenters. The van der Waals surface area contributed by atoms with E-state index in [1.165, 1.54) is 32.1 Å². The van der Waals surface area contributed by atoms with Gasteiger partial charge in [0.15, 0.2) is 0 Å². The molecule has 0 bridgehead atoms. The number of ether oxygens (including phenoxy) is 1. The molecule has 5 rings (SSSR count). The van der Waals surface area contributed by atoms with Crippen LogP contribution < -0.4 is 5.32 Å². The summed E-state index contributed by atoms with van der Waals surface area (Å²) >= 11 is 0. The number of esters is 1. The van der Waals surface area contributed by atoms with Gasteiger partial charge in [0.1, 0.15) is 6.10 Å². The predicted octanol–water partition coefficient (Wildman–Crippen LogP) is 6.11. The number of aliphatic carboxylic acids is 1. The zero-order chi connectivity index (χ0) is 33.2. The summed E-state index contributed by atoms with van der Waals surface area (Å²) in [6.45, 7) is 15.2. The molecule has 0 radical (unpaired) electrons. The Hall–Kier alpha value is -1.67. The smallest absolute Gasteiger partial charge is 0.309 e. The largest absolute Gasteiger partial charge is 0.481 e. The SMILES string of the molecule is CC(C)(CC(=O)O[C@H]1CC[C@@]2(C)C(CC[C@]3(C)C2CC[C@@H]2[C@H]4CCC[C@]4(CC(=O)NCC(O)CO)CC[C@]23C)C1(C)C)C(=O)O. The summed E-state index contributed by atoms with van der Waals surface area (Å²) in [6, 6.07) is 0. The first kappa shape index (κ1) is 34.7. The summed E-state index contributed by atoms with van der Waals surface area (Å²) in [5.74, 6) is 0.793. The van der Waals surface area contributed by atoms with E-state index >= 15 is 0 Å². The monoisotopic (exact) mass is 631 g/mol. The van der Waals surface area contributed by atoms with Crippen LogP contribution in [0.25, 0.3) is 0 Å². The number of carbonyl (C=O) groups is 3. The van der Waals surface area contributed by atoms with Gasteiger partial charge in [0.2, 0.25) is 5.91 Å². The van der Waals surface area contributed by atoms with Gasteiger partial charge in [0.25, 0.3) is 0 Å². The van der Waals surface area contributed by atoms with E-state index in [2.05, 4.69) is 39.9 Å². The van der Waals surface area contributed by atoms with Gasteiger partial charge in [0.05, 0.1) is 24.5 Å². The first-order valence-corrected chi connectivity index (χ1v) is 17.8. The van der Waals surface area contributed by atoms with Crippen LogP contribution in [-0.4, -0.2) is 58.5 Å². The van der Waals surface area contributed by atoms with Crippen molar-refractivity contribution in [3.05, 3.63) is 0 Å². The van der Waals surface area contributed by atoms with E-state index in [9.17, 15) is 29.7 Å². The Morgan fingerprint density at radius 2 is 1.58 bits per heavy atom. The zero-order valence-corrected chi connectivity index (χ0v) is 29.0. The van der Waals surface area contributed by atoms with E-state index in [0.29, 0.717) is 30.1 Å². The average molecular weight is 632 g/mol. The number of carboxylic acids is 1. The summed E-state index contributed by atoms with van der Waals surface area (Å²) in [6.07, 6.45) is 11.5. The van der Waals surface area contributed by atoms with Gasteiger partial charge in [-0.15, -0.1) is 0 Å².